The molecule has 7 heteroatoms. The molecule has 18 heavy (non-hydrogen) atoms. The lowest BCUT2D eigenvalue weighted by molar-refractivity contribution is -0.115. The fourth-order valence-corrected chi connectivity index (χ4v) is 1.34. The molecule has 0 atom stereocenters. The number of amides is 3. The molecule has 92 valence electrons. The van der Waals surface area contributed by atoms with Crippen molar-refractivity contribution in [3.8, 4) is 6.07 Å². The van der Waals surface area contributed by atoms with E-state index in [1.807, 2.05) is 0 Å². The highest BCUT2D eigenvalue weighted by molar-refractivity contribution is 6.32. The largest absolute Gasteiger partial charge is 0.351 e. The fourth-order valence-electron chi connectivity index (χ4n) is 1.12. The van der Waals surface area contributed by atoms with E-state index < -0.39 is 23.3 Å². The first-order chi connectivity index (χ1) is 8.45. The minimum Gasteiger partial charge on any atom is -0.351 e. The molecule has 3 N–H and O–H groups in total. The number of nitrogens with zero attached hydrogens (tertiary/aromatic N) is 1. The van der Waals surface area contributed by atoms with Gasteiger partial charge in [0.15, 0.2) is 0 Å². The molecular formula is C11H7ClFN3O2. The zero-order valence-electron chi connectivity index (χ0n) is 8.91. The molecule has 0 aliphatic carbocycles. The summed E-state index contributed by atoms with van der Waals surface area (Å²) in [7, 11) is 0. The topological polar surface area (TPSA) is 96.0 Å². The van der Waals surface area contributed by atoms with Crippen molar-refractivity contribution in [2.45, 2.75) is 0 Å². The number of primary amides is 1. The van der Waals surface area contributed by atoms with Gasteiger partial charge in [0.05, 0.1) is 5.02 Å². The van der Waals surface area contributed by atoms with Crippen molar-refractivity contribution in [2.75, 3.05) is 0 Å². The maximum Gasteiger partial charge on any atom is 0.319 e. The van der Waals surface area contributed by atoms with Crippen molar-refractivity contribution in [3.63, 3.8) is 0 Å². The molecule has 0 radical (unpaired) electrons. The van der Waals surface area contributed by atoms with Crippen molar-refractivity contribution < 1.29 is 14.0 Å². The Morgan fingerprint density at radius 2 is 2.17 bits per heavy atom. The van der Waals surface area contributed by atoms with Crippen LogP contribution < -0.4 is 11.1 Å². The third-order valence-corrected chi connectivity index (χ3v) is 2.22. The molecule has 0 spiro atoms. The van der Waals surface area contributed by atoms with E-state index in [1.54, 1.807) is 5.32 Å². The smallest absolute Gasteiger partial charge is 0.319 e. The van der Waals surface area contributed by atoms with Crippen LogP contribution >= 0.6 is 11.6 Å². The van der Waals surface area contributed by atoms with Crippen molar-refractivity contribution in [3.05, 3.63) is 40.2 Å². The first-order valence-corrected chi connectivity index (χ1v) is 5.00. The molecule has 1 aromatic rings. The average molecular weight is 268 g/mol. The lowest BCUT2D eigenvalue weighted by Gasteiger charge is -2.02. The van der Waals surface area contributed by atoms with Gasteiger partial charge in [0, 0.05) is 5.56 Å². The van der Waals surface area contributed by atoms with Gasteiger partial charge in [-0.25, -0.2) is 9.18 Å². The van der Waals surface area contributed by atoms with E-state index in [4.69, 9.17) is 22.6 Å². The van der Waals surface area contributed by atoms with Gasteiger partial charge in [-0.3, -0.25) is 10.1 Å². The number of nitriles is 1. The number of rotatable bonds is 2. The van der Waals surface area contributed by atoms with Gasteiger partial charge >= 0.3 is 6.03 Å². The summed E-state index contributed by atoms with van der Waals surface area (Å²) in [5.74, 6) is -1.72. The van der Waals surface area contributed by atoms with Gasteiger partial charge in [-0.1, -0.05) is 17.7 Å². The number of carbonyl (C=O) groups excluding carboxylic acids is 2. The quantitative estimate of drug-likeness (QED) is 0.629. The van der Waals surface area contributed by atoms with Crippen LogP contribution in [0.5, 0.6) is 0 Å². The van der Waals surface area contributed by atoms with Gasteiger partial charge < -0.3 is 5.73 Å². The van der Waals surface area contributed by atoms with E-state index in [1.165, 1.54) is 18.2 Å². The molecule has 0 fully saturated rings. The minimum absolute atomic E-state index is 0.0367. The summed E-state index contributed by atoms with van der Waals surface area (Å²) >= 11 is 5.72. The number of nitrogens with two attached hydrogens (primary N) is 1. The Bertz CT molecular complexity index is 558. The van der Waals surface area contributed by atoms with Crippen LogP contribution in [0.15, 0.2) is 23.8 Å². The summed E-state index contributed by atoms with van der Waals surface area (Å²) in [6, 6.07) is 4.32. The highest BCUT2D eigenvalue weighted by Gasteiger charge is 2.13. The lowest BCUT2D eigenvalue weighted by atomic mass is 10.1. The second-order valence-electron chi connectivity index (χ2n) is 3.12. The van der Waals surface area contributed by atoms with Gasteiger partial charge in [0.1, 0.15) is 17.5 Å². The lowest BCUT2D eigenvalue weighted by Crippen LogP contribution is -2.35. The molecule has 3 amide bonds. The van der Waals surface area contributed by atoms with Crippen LogP contribution in [0.2, 0.25) is 5.02 Å². The number of halogens is 2. The first-order valence-electron chi connectivity index (χ1n) is 4.62. The Morgan fingerprint density at radius 3 is 2.67 bits per heavy atom. The SMILES string of the molecule is N#C/C(=C/c1c(F)cccc1Cl)C(=O)NC(N)=O. The molecule has 1 rings (SSSR count). The summed E-state index contributed by atoms with van der Waals surface area (Å²) in [6.07, 6.45) is 0.940. The van der Waals surface area contributed by atoms with Crippen molar-refractivity contribution >= 4 is 29.6 Å². The predicted octanol–water partition coefficient (Wildman–Crippen LogP) is 1.58. The summed E-state index contributed by atoms with van der Waals surface area (Å²) in [5, 5.41) is 10.5. The van der Waals surface area contributed by atoms with Gasteiger partial charge in [-0.05, 0) is 18.2 Å². The van der Waals surface area contributed by atoms with Crippen LogP contribution in [-0.2, 0) is 4.79 Å². The Balaban J connectivity index is 3.17. The van der Waals surface area contributed by atoms with E-state index in [2.05, 4.69) is 0 Å². The van der Waals surface area contributed by atoms with E-state index in [0.29, 0.717) is 0 Å². The Hall–Kier alpha value is -2.39. The van der Waals surface area contributed by atoms with Crippen LogP contribution in [0.25, 0.3) is 6.08 Å². The first kappa shape index (κ1) is 13.7. The normalized spacial score (nSPS) is 10.6. The van der Waals surface area contributed by atoms with Crippen molar-refractivity contribution in [1.29, 1.82) is 5.26 Å². The Labute approximate surface area is 107 Å². The van der Waals surface area contributed by atoms with Crippen LogP contribution in [0, 0.1) is 17.1 Å². The van der Waals surface area contributed by atoms with Crippen molar-refractivity contribution in [2.24, 2.45) is 5.73 Å². The second kappa shape index (κ2) is 5.80. The molecular weight excluding hydrogens is 261 g/mol. The van der Waals surface area contributed by atoms with Gasteiger partial charge in [0.25, 0.3) is 5.91 Å². The third-order valence-electron chi connectivity index (χ3n) is 1.89. The van der Waals surface area contributed by atoms with E-state index in [0.717, 1.165) is 12.1 Å². The maximum atomic E-state index is 13.4. The molecule has 0 unspecified atom stereocenters. The molecule has 0 aliphatic rings. The summed E-state index contributed by atoms with van der Waals surface area (Å²) in [6.45, 7) is 0. The summed E-state index contributed by atoms with van der Waals surface area (Å²) in [5.41, 5.74) is 4.13. The number of carbonyl (C=O) groups is 2. The standard InChI is InChI=1S/C11H7ClFN3O2/c12-8-2-1-3-9(13)7(8)4-6(5-14)10(17)16-11(15)18/h1-4H,(H3,15,16,17,18)/b6-4-. The van der Waals surface area contributed by atoms with Crippen molar-refractivity contribution in [1.82, 2.24) is 5.32 Å². The van der Waals surface area contributed by atoms with Crippen LogP contribution in [0.3, 0.4) is 0 Å². The third kappa shape index (κ3) is 3.30. The van der Waals surface area contributed by atoms with Crippen LogP contribution in [0.1, 0.15) is 5.56 Å². The van der Waals surface area contributed by atoms with E-state index in [9.17, 15) is 14.0 Å². The number of nitrogens with one attached hydrogen (secondary N) is 1. The number of imide groups is 1. The monoisotopic (exact) mass is 267 g/mol. The van der Waals surface area contributed by atoms with Gasteiger partial charge in [-0.15, -0.1) is 0 Å². The molecule has 0 aliphatic heterocycles. The number of urea groups is 1. The Morgan fingerprint density at radius 1 is 1.50 bits per heavy atom. The van der Waals surface area contributed by atoms with E-state index in [-0.39, 0.29) is 10.6 Å². The molecule has 0 aromatic heterocycles. The highest BCUT2D eigenvalue weighted by atomic mass is 35.5. The Kier molecular flexibility index (Phi) is 4.40. The molecule has 0 bridgehead atoms. The zero-order valence-corrected chi connectivity index (χ0v) is 9.66. The zero-order chi connectivity index (χ0) is 13.7. The summed E-state index contributed by atoms with van der Waals surface area (Å²) in [4.78, 5) is 21.8. The molecule has 0 saturated heterocycles. The van der Waals surface area contributed by atoms with Gasteiger partial charge in [0.2, 0.25) is 0 Å². The average Bonchev–Trinajstić information content (AvgIpc) is 2.27. The molecule has 5 nitrogen and oxygen atoms in total. The van der Waals surface area contributed by atoms with Gasteiger partial charge in [-0.2, -0.15) is 5.26 Å². The van der Waals surface area contributed by atoms with Crippen LogP contribution in [-0.4, -0.2) is 11.9 Å². The number of hydrogen-bond donors (Lipinski definition) is 2. The fraction of sp³-hybridized carbons (Fsp3) is 0. The molecule has 1 aromatic carbocycles. The van der Waals surface area contributed by atoms with Crippen LogP contribution in [0.4, 0.5) is 9.18 Å². The molecule has 0 saturated carbocycles. The number of hydrogen-bond acceptors (Lipinski definition) is 3. The number of benzene rings is 1. The van der Waals surface area contributed by atoms with E-state index >= 15 is 0 Å². The highest BCUT2D eigenvalue weighted by Crippen LogP contribution is 2.21. The summed E-state index contributed by atoms with van der Waals surface area (Å²) < 4.78 is 13.4. The molecule has 0 heterocycles. The predicted molar refractivity (Wildman–Crippen MR) is 62.7 cm³/mol. The minimum atomic E-state index is -1.11. The maximum absolute atomic E-state index is 13.4. The second-order valence-corrected chi connectivity index (χ2v) is 3.53.